The molecule has 0 atom stereocenters. The van der Waals surface area contributed by atoms with Crippen LogP contribution in [0.5, 0.6) is 0 Å². The van der Waals surface area contributed by atoms with E-state index in [4.69, 9.17) is 16.2 Å². The van der Waals surface area contributed by atoms with Crippen LogP contribution in [0.3, 0.4) is 0 Å². The molecule has 5 rings (SSSR count). The van der Waals surface area contributed by atoms with Crippen molar-refractivity contribution in [1.29, 1.82) is 0 Å². The Morgan fingerprint density at radius 1 is 1.05 bits per heavy atom. The zero-order valence-corrected chi connectivity index (χ0v) is 25.6. The molecule has 1 fully saturated rings. The number of hydrogen-bond acceptors (Lipinski definition) is 10. The van der Waals surface area contributed by atoms with Gasteiger partial charge in [0.25, 0.3) is 16.0 Å². The Kier molecular flexibility index (Phi) is 10.7. The molecule has 0 unspecified atom stereocenters. The normalized spacial score (nSPS) is 14.0. The van der Waals surface area contributed by atoms with Crippen LogP contribution in [0.15, 0.2) is 67.3 Å². The predicted molar refractivity (Wildman–Crippen MR) is 167 cm³/mol. The van der Waals surface area contributed by atoms with Gasteiger partial charge < -0.3 is 15.5 Å². The average molecular weight is 625 g/mol. The number of halogens is 1. The van der Waals surface area contributed by atoms with Gasteiger partial charge in [0.05, 0.1) is 35.2 Å². The zero-order chi connectivity index (χ0) is 31.0. The highest BCUT2D eigenvalue weighted by molar-refractivity contribution is 7.85. The number of hydrogen-bond donors (Lipinski definition) is 3. The predicted octanol–water partition coefficient (Wildman–Crippen LogP) is 4.14. The molecule has 226 valence electrons. The fourth-order valence-corrected chi connectivity index (χ4v) is 4.45. The van der Waals surface area contributed by atoms with E-state index >= 15 is 0 Å². The largest absolute Gasteiger partial charge is 0.322 e. The topological polar surface area (TPSA) is 154 Å². The van der Waals surface area contributed by atoms with Crippen molar-refractivity contribution in [2.75, 3.05) is 50.1 Å². The second-order valence-electron chi connectivity index (χ2n) is 10.1. The first-order valence-electron chi connectivity index (χ1n) is 13.3. The third-order valence-electron chi connectivity index (χ3n) is 6.51. The van der Waals surface area contributed by atoms with Crippen LogP contribution in [0.4, 0.5) is 17.3 Å². The first-order valence-corrected chi connectivity index (χ1v) is 15.6. The summed E-state index contributed by atoms with van der Waals surface area (Å²) < 4.78 is 25.9. The van der Waals surface area contributed by atoms with Gasteiger partial charge in [-0.15, -0.1) is 0 Å². The molecule has 0 saturated carbocycles. The summed E-state index contributed by atoms with van der Waals surface area (Å²) in [6, 6.07) is 12.9. The third kappa shape index (κ3) is 10.0. The van der Waals surface area contributed by atoms with E-state index < -0.39 is 10.1 Å². The highest BCUT2D eigenvalue weighted by Gasteiger charge is 2.17. The molecule has 0 spiro atoms. The van der Waals surface area contributed by atoms with E-state index in [9.17, 15) is 13.2 Å². The Hall–Kier alpha value is -4.01. The maximum absolute atomic E-state index is 13.0. The number of carbonyl (C=O) groups is 1. The van der Waals surface area contributed by atoms with Gasteiger partial charge in [-0.1, -0.05) is 17.7 Å². The maximum Gasteiger partial charge on any atom is 0.261 e. The molecule has 3 N–H and O–H groups in total. The SMILES string of the molecule is CS(=O)(=O)O.Cc1ncc(NC(=O)c2ccc(CN3CCN(C)CC3)c(Cl)c2)cc1Nc1nccc(-c2cccnc2)n1. The summed E-state index contributed by atoms with van der Waals surface area (Å²) in [6.07, 6.45) is 7.49. The number of nitrogens with zero attached hydrogens (tertiary/aromatic N) is 6. The Balaban J connectivity index is 0.000000782. The Morgan fingerprint density at radius 2 is 1.79 bits per heavy atom. The van der Waals surface area contributed by atoms with Crippen LogP contribution < -0.4 is 10.6 Å². The lowest BCUT2D eigenvalue weighted by Gasteiger charge is -2.32. The number of nitrogens with one attached hydrogen (secondary N) is 2. The Bertz CT molecular complexity index is 1660. The summed E-state index contributed by atoms with van der Waals surface area (Å²) in [5, 5.41) is 6.71. The summed E-state index contributed by atoms with van der Waals surface area (Å²) in [5.74, 6) is 0.159. The number of likely N-dealkylation sites (N-methyl/N-ethyl adjacent to an activating group) is 1. The molecule has 0 bridgehead atoms. The summed E-state index contributed by atoms with van der Waals surface area (Å²) in [6.45, 7) is 6.74. The molecule has 1 aromatic carbocycles. The molecule has 0 aliphatic carbocycles. The molecule has 0 radical (unpaired) electrons. The van der Waals surface area contributed by atoms with Gasteiger partial charge in [0, 0.05) is 67.5 Å². The number of carbonyl (C=O) groups excluding carboxylic acids is 1. The number of aryl methyl sites for hydroxylation is 1. The van der Waals surface area contributed by atoms with Crippen molar-refractivity contribution < 1.29 is 17.8 Å². The highest BCUT2D eigenvalue weighted by Crippen LogP contribution is 2.24. The molecule has 1 aliphatic rings. The van der Waals surface area contributed by atoms with Gasteiger partial charge in [-0.2, -0.15) is 8.42 Å². The first kappa shape index (κ1) is 31.9. The standard InChI is InChI=1S/C28H29ClN8O.CH4O3S/c1-19-26(35-28-31-9-7-25(34-28)21-4-3-8-30-16-21)15-23(17-32-19)33-27(38)20-5-6-22(24(29)14-20)18-37-12-10-36(2)11-13-37;1-5(2,3)4/h3-9,14-17H,10-13,18H2,1-2H3,(H,33,38)(H,31,34,35);1H3,(H,2,3,4). The van der Waals surface area contributed by atoms with Gasteiger partial charge in [0.1, 0.15) is 0 Å². The van der Waals surface area contributed by atoms with Gasteiger partial charge in [-0.25, -0.2) is 9.97 Å². The second-order valence-corrected chi connectivity index (χ2v) is 11.9. The minimum Gasteiger partial charge on any atom is -0.322 e. The van der Waals surface area contributed by atoms with E-state index in [1.807, 2.05) is 43.3 Å². The molecule has 1 saturated heterocycles. The van der Waals surface area contributed by atoms with Crippen LogP contribution in [0.1, 0.15) is 21.6 Å². The monoisotopic (exact) mass is 624 g/mol. The second kappa shape index (κ2) is 14.4. The molecule has 14 heteroatoms. The summed E-state index contributed by atoms with van der Waals surface area (Å²) in [7, 11) is -1.53. The lowest BCUT2D eigenvalue weighted by molar-refractivity contribution is 0.102. The molecule has 1 amide bonds. The van der Waals surface area contributed by atoms with Crippen molar-refractivity contribution in [3.05, 3.63) is 89.1 Å². The van der Waals surface area contributed by atoms with Crippen molar-refractivity contribution in [1.82, 2.24) is 29.7 Å². The molecule has 3 aromatic heterocycles. The maximum atomic E-state index is 13.0. The minimum absolute atomic E-state index is 0.260. The molecule has 12 nitrogen and oxygen atoms in total. The fraction of sp³-hybridized carbons (Fsp3) is 0.276. The van der Waals surface area contributed by atoms with Crippen LogP contribution in [-0.2, 0) is 16.7 Å². The van der Waals surface area contributed by atoms with Gasteiger partial charge in [-0.3, -0.25) is 24.2 Å². The van der Waals surface area contributed by atoms with E-state index in [1.165, 1.54) is 0 Å². The summed E-state index contributed by atoms with van der Waals surface area (Å²) in [4.78, 5) is 35.2. The molecule has 43 heavy (non-hydrogen) atoms. The average Bonchev–Trinajstić information content (AvgIpc) is 2.97. The number of pyridine rings is 2. The highest BCUT2D eigenvalue weighted by atomic mass is 35.5. The van der Waals surface area contributed by atoms with Gasteiger partial charge in [0.15, 0.2) is 0 Å². The van der Waals surface area contributed by atoms with Crippen LogP contribution in [0, 0.1) is 6.92 Å². The smallest absolute Gasteiger partial charge is 0.261 e. The van der Waals surface area contributed by atoms with E-state index in [0.717, 1.165) is 55.2 Å². The molecule has 4 aromatic rings. The van der Waals surface area contributed by atoms with Gasteiger partial charge >= 0.3 is 0 Å². The number of piperazine rings is 1. The number of anilines is 3. The van der Waals surface area contributed by atoms with Crippen molar-refractivity contribution in [2.24, 2.45) is 0 Å². The van der Waals surface area contributed by atoms with Gasteiger partial charge in [0.2, 0.25) is 5.95 Å². The summed E-state index contributed by atoms with van der Waals surface area (Å²) in [5.41, 5.74) is 5.12. The van der Waals surface area contributed by atoms with Crippen LogP contribution >= 0.6 is 11.6 Å². The molecular formula is C29H33ClN8O4S. The molecular weight excluding hydrogens is 592 g/mol. The first-order chi connectivity index (χ1) is 20.4. The molecule has 4 heterocycles. The number of amides is 1. The lowest BCUT2D eigenvalue weighted by Crippen LogP contribution is -2.43. The van der Waals surface area contributed by atoms with E-state index in [0.29, 0.717) is 34.2 Å². The van der Waals surface area contributed by atoms with E-state index in [1.54, 1.807) is 30.9 Å². The van der Waals surface area contributed by atoms with Crippen molar-refractivity contribution in [3.8, 4) is 11.3 Å². The van der Waals surface area contributed by atoms with Crippen LogP contribution in [0.25, 0.3) is 11.3 Å². The van der Waals surface area contributed by atoms with Gasteiger partial charge in [-0.05, 0) is 55.9 Å². The van der Waals surface area contributed by atoms with Crippen molar-refractivity contribution in [2.45, 2.75) is 13.5 Å². The lowest BCUT2D eigenvalue weighted by atomic mass is 10.1. The zero-order valence-electron chi connectivity index (χ0n) is 24.0. The Labute approximate surface area is 255 Å². The number of rotatable bonds is 7. The summed E-state index contributed by atoms with van der Waals surface area (Å²) >= 11 is 6.56. The van der Waals surface area contributed by atoms with E-state index in [-0.39, 0.29) is 5.91 Å². The number of benzene rings is 1. The third-order valence-corrected chi connectivity index (χ3v) is 6.86. The quantitative estimate of drug-likeness (QED) is 0.254. The fourth-order valence-electron chi connectivity index (χ4n) is 4.21. The van der Waals surface area contributed by atoms with Crippen LogP contribution in [0.2, 0.25) is 5.02 Å². The van der Waals surface area contributed by atoms with Crippen molar-refractivity contribution in [3.63, 3.8) is 0 Å². The molecule has 1 aliphatic heterocycles. The minimum atomic E-state index is -3.67. The van der Waals surface area contributed by atoms with E-state index in [2.05, 4.69) is 47.4 Å². The van der Waals surface area contributed by atoms with Crippen LogP contribution in [-0.4, -0.2) is 88.1 Å². The Morgan fingerprint density at radius 3 is 2.47 bits per heavy atom. The number of aromatic nitrogens is 4. The van der Waals surface area contributed by atoms with Crippen molar-refractivity contribution >= 4 is 44.9 Å².